The van der Waals surface area contributed by atoms with Gasteiger partial charge in [-0.3, -0.25) is 9.69 Å². The van der Waals surface area contributed by atoms with E-state index in [1.165, 1.54) is 6.33 Å². The molecule has 3 N–H and O–H groups in total. The van der Waals surface area contributed by atoms with Gasteiger partial charge in [-0.05, 0) is 53.5 Å². The highest BCUT2D eigenvalue weighted by molar-refractivity contribution is 9.10. The van der Waals surface area contributed by atoms with Crippen LogP contribution in [-0.2, 0) is 4.74 Å². The van der Waals surface area contributed by atoms with Crippen LogP contribution in [0.4, 0.5) is 11.5 Å². The van der Waals surface area contributed by atoms with E-state index in [1.807, 2.05) is 13.0 Å². The minimum Gasteiger partial charge on any atom is -0.507 e. The van der Waals surface area contributed by atoms with Crippen LogP contribution in [0.5, 0.6) is 5.75 Å². The zero-order chi connectivity index (χ0) is 21.8. The Bertz CT molecular complexity index is 1080. The molecule has 10 heteroatoms. The highest BCUT2D eigenvalue weighted by Crippen LogP contribution is 2.30. The third kappa shape index (κ3) is 4.97. The van der Waals surface area contributed by atoms with Crippen molar-refractivity contribution in [3.8, 4) is 5.75 Å². The minimum atomic E-state index is -0.128. The van der Waals surface area contributed by atoms with E-state index in [2.05, 4.69) is 41.5 Å². The molecule has 2 aromatic heterocycles. The van der Waals surface area contributed by atoms with Crippen molar-refractivity contribution in [1.29, 1.82) is 0 Å². The van der Waals surface area contributed by atoms with Crippen molar-refractivity contribution in [2.45, 2.75) is 13.3 Å². The zero-order valence-corrected chi connectivity index (χ0v) is 18.9. The van der Waals surface area contributed by atoms with Crippen LogP contribution >= 0.6 is 15.9 Å². The fourth-order valence-corrected chi connectivity index (χ4v) is 3.88. The molecule has 0 saturated carbocycles. The minimum absolute atomic E-state index is 0.124. The number of aryl methyl sites for hydroxylation is 1. The standard InChI is InChI=1S/C21H25BrN6O3/c1-14-16(21(30)23-5-2-6-27-7-9-31-10-8-27)12-28-19(14)20(24-13-25-28)26-15-3-4-17(22)18(29)11-15/h3-4,11-13,29H,2,5-10H2,1H3,(H,23,30)(H,24,25,26). The second kappa shape index (κ2) is 9.63. The smallest absolute Gasteiger partial charge is 0.253 e. The SMILES string of the molecule is Cc1c(C(=O)NCCCN2CCOCC2)cn2ncnc(Nc3ccc(Br)c(O)c3)c12. The maximum absolute atomic E-state index is 12.8. The second-order valence-corrected chi connectivity index (χ2v) is 8.28. The summed E-state index contributed by atoms with van der Waals surface area (Å²) >= 11 is 3.27. The predicted octanol–water partition coefficient (Wildman–Crippen LogP) is 2.70. The number of nitrogens with zero attached hydrogens (tertiary/aromatic N) is 4. The monoisotopic (exact) mass is 488 g/mol. The number of carbonyl (C=O) groups is 1. The molecular weight excluding hydrogens is 464 g/mol. The largest absolute Gasteiger partial charge is 0.507 e. The van der Waals surface area contributed by atoms with Crippen molar-refractivity contribution in [2.75, 3.05) is 44.7 Å². The molecule has 9 nitrogen and oxygen atoms in total. The van der Waals surface area contributed by atoms with E-state index in [9.17, 15) is 9.90 Å². The lowest BCUT2D eigenvalue weighted by Gasteiger charge is -2.26. The fourth-order valence-electron chi connectivity index (χ4n) is 3.63. The number of hydrogen-bond donors (Lipinski definition) is 3. The fraction of sp³-hybridized carbons (Fsp3) is 0.381. The number of fused-ring (bicyclic) bond motifs is 1. The average Bonchev–Trinajstić information content (AvgIpc) is 3.12. The third-order valence-electron chi connectivity index (χ3n) is 5.32. The second-order valence-electron chi connectivity index (χ2n) is 7.42. The Morgan fingerprint density at radius 3 is 2.90 bits per heavy atom. The molecule has 1 aliphatic rings. The normalized spacial score (nSPS) is 14.6. The summed E-state index contributed by atoms with van der Waals surface area (Å²) in [5, 5.41) is 20.4. The summed E-state index contributed by atoms with van der Waals surface area (Å²) < 4.78 is 7.61. The topological polar surface area (TPSA) is 104 Å². The molecule has 3 heterocycles. The van der Waals surface area contributed by atoms with E-state index in [0.29, 0.717) is 33.6 Å². The summed E-state index contributed by atoms with van der Waals surface area (Å²) in [4.78, 5) is 19.5. The van der Waals surface area contributed by atoms with E-state index in [-0.39, 0.29) is 11.7 Å². The Morgan fingerprint density at radius 1 is 1.32 bits per heavy atom. The Hall–Kier alpha value is -2.69. The first-order valence-electron chi connectivity index (χ1n) is 10.2. The number of rotatable bonds is 7. The van der Waals surface area contributed by atoms with Gasteiger partial charge in [0.1, 0.15) is 17.6 Å². The molecular formula is C21H25BrN6O3. The van der Waals surface area contributed by atoms with Gasteiger partial charge >= 0.3 is 0 Å². The van der Waals surface area contributed by atoms with Crippen molar-refractivity contribution >= 4 is 38.9 Å². The van der Waals surface area contributed by atoms with Gasteiger partial charge in [0.15, 0.2) is 5.82 Å². The van der Waals surface area contributed by atoms with E-state index in [0.717, 1.165) is 44.8 Å². The lowest BCUT2D eigenvalue weighted by atomic mass is 10.1. The molecule has 0 atom stereocenters. The number of ether oxygens (including phenoxy) is 1. The van der Waals surface area contributed by atoms with Gasteiger partial charge in [-0.2, -0.15) is 5.10 Å². The molecule has 3 aromatic rings. The number of phenols is 1. The molecule has 31 heavy (non-hydrogen) atoms. The summed E-state index contributed by atoms with van der Waals surface area (Å²) in [6.45, 7) is 6.88. The van der Waals surface area contributed by atoms with Crippen molar-refractivity contribution in [1.82, 2.24) is 24.8 Å². The summed E-state index contributed by atoms with van der Waals surface area (Å²) in [6.07, 6.45) is 4.03. The molecule has 0 bridgehead atoms. The molecule has 164 valence electrons. The molecule has 1 aromatic carbocycles. The molecule has 0 radical (unpaired) electrons. The van der Waals surface area contributed by atoms with E-state index in [4.69, 9.17) is 4.74 Å². The molecule has 0 unspecified atom stereocenters. The molecule has 1 amide bonds. The Kier molecular flexibility index (Phi) is 6.69. The Balaban J connectivity index is 1.45. The number of amides is 1. The first kappa shape index (κ1) is 21.5. The van der Waals surface area contributed by atoms with Crippen molar-refractivity contribution in [3.05, 3.63) is 46.3 Å². The van der Waals surface area contributed by atoms with Gasteiger partial charge in [0.2, 0.25) is 0 Å². The molecule has 1 fully saturated rings. The number of nitrogens with one attached hydrogen (secondary N) is 2. The third-order valence-corrected chi connectivity index (χ3v) is 5.99. The zero-order valence-electron chi connectivity index (χ0n) is 17.3. The summed E-state index contributed by atoms with van der Waals surface area (Å²) in [5.74, 6) is 0.553. The highest BCUT2D eigenvalue weighted by atomic mass is 79.9. The van der Waals surface area contributed by atoms with Gasteiger partial charge in [-0.15, -0.1) is 0 Å². The number of aromatic hydroxyl groups is 1. The molecule has 1 aliphatic heterocycles. The summed E-state index contributed by atoms with van der Waals surface area (Å²) in [5.41, 5.74) is 2.74. The number of carbonyl (C=O) groups excluding carboxylic acids is 1. The van der Waals surface area contributed by atoms with Crippen LogP contribution in [0.3, 0.4) is 0 Å². The number of morpholine rings is 1. The van der Waals surface area contributed by atoms with Crippen LogP contribution in [0.25, 0.3) is 5.52 Å². The van der Waals surface area contributed by atoms with Crippen LogP contribution in [0.15, 0.2) is 35.2 Å². The van der Waals surface area contributed by atoms with Gasteiger partial charge in [-0.1, -0.05) is 0 Å². The van der Waals surface area contributed by atoms with Crippen molar-refractivity contribution in [2.24, 2.45) is 0 Å². The van der Waals surface area contributed by atoms with Gasteiger partial charge in [0.25, 0.3) is 5.91 Å². The van der Waals surface area contributed by atoms with Crippen molar-refractivity contribution < 1.29 is 14.6 Å². The lowest BCUT2D eigenvalue weighted by molar-refractivity contribution is 0.0374. The van der Waals surface area contributed by atoms with E-state index in [1.54, 1.807) is 22.8 Å². The van der Waals surface area contributed by atoms with Gasteiger partial charge in [0, 0.05) is 37.6 Å². The first-order valence-corrected chi connectivity index (χ1v) is 11.0. The van der Waals surface area contributed by atoms with Crippen LogP contribution < -0.4 is 10.6 Å². The quantitative estimate of drug-likeness (QED) is 0.439. The number of hydrogen-bond acceptors (Lipinski definition) is 7. The molecule has 0 spiro atoms. The number of aromatic nitrogens is 3. The highest BCUT2D eigenvalue weighted by Gasteiger charge is 2.18. The van der Waals surface area contributed by atoms with Crippen LogP contribution in [0, 0.1) is 6.92 Å². The summed E-state index contributed by atoms with van der Waals surface area (Å²) in [7, 11) is 0. The number of benzene rings is 1. The maximum Gasteiger partial charge on any atom is 0.253 e. The molecule has 4 rings (SSSR count). The average molecular weight is 489 g/mol. The van der Waals surface area contributed by atoms with E-state index >= 15 is 0 Å². The maximum atomic E-state index is 12.8. The Morgan fingerprint density at radius 2 is 2.13 bits per heavy atom. The predicted molar refractivity (Wildman–Crippen MR) is 121 cm³/mol. The summed E-state index contributed by atoms with van der Waals surface area (Å²) in [6, 6.07) is 5.17. The van der Waals surface area contributed by atoms with Crippen LogP contribution in [0.2, 0.25) is 0 Å². The van der Waals surface area contributed by atoms with Gasteiger partial charge in [-0.25, -0.2) is 9.50 Å². The molecule has 0 aliphatic carbocycles. The number of halogens is 1. The van der Waals surface area contributed by atoms with Crippen molar-refractivity contribution in [3.63, 3.8) is 0 Å². The first-order chi connectivity index (χ1) is 15.0. The van der Waals surface area contributed by atoms with Crippen LogP contribution in [0.1, 0.15) is 22.3 Å². The van der Waals surface area contributed by atoms with Gasteiger partial charge < -0.3 is 20.5 Å². The van der Waals surface area contributed by atoms with Crippen LogP contribution in [-0.4, -0.2) is 69.9 Å². The molecule has 1 saturated heterocycles. The Labute approximate surface area is 188 Å². The van der Waals surface area contributed by atoms with E-state index < -0.39 is 0 Å². The number of anilines is 2. The lowest BCUT2D eigenvalue weighted by Crippen LogP contribution is -2.38. The van der Waals surface area contributed by atoms with Gasteiger partial charge in [0.05, 0.1) is 23.2 Å². The number of phenolic OH excluding ortho intramolecular Hbond substituents is 1.